The van der Waals surface area contributed by atoms with Crippen molar-refractivity contribution in [1.29, 1.82) is 0 Å². The molecule has 3 rings (SSSR count). The molecular weight excluding hydrogens is 594 g/mol. The van der Waals surface area contributed by atoms with Crippen LogP contribution >= 0.6 is 22.6 Å². The average Bonchev–Trinajstić information content (AvgIpc) is 2.89. The fourth-order valence-electron chi connectivity index (χ4n) is 3.07. The number of carbonyl (C=O) groups is 3. The van der Waals surface area contributed by atoms with Gasteiger partial charge in [0.1, 0.15) is 5.82 Å². The van der Waals surface area contributed by atoms with Crippen molar-refractivity contribution in [2.24, 2.45) is 5.10 Å². The summed E-state index contributed by atoms with van der Waals surface area (Å²) >= 11 is 2.02. The van der Waals surface area contributed by atoms with E-state index in [-0.39, 0.29) is 18.2 Å². The number of rotatable bonds is 9. The van der Waals surface area contributed by atoms with E-state index in [1.165, 1.54) is 37.1 Å². The molecule has 0 radical (unpaired) electrons. The number of nitrogens with one attached hydrogen (secondary N) is 3. The molecule has 3 amide bonds. The van der Waals surface area contributed by atoms with Crippen molar-refractivity contribution in [3.8, 4) is 11.5 Å². The molecule has 3 N–H and O–H groups in total. The smallest absolute Gasteiger partial charge is 0.329 e. The highest BCUT2D eigenvalue weighted by Crippen LogP contribution is 2.33. The van der Waals surface area contributed by atoms with Crippen LogP contribution in [0.4, 0.5) is 15.8 Å². The molecule has 0 fully saturated rings. The Morgan fingerprint density at radius 2 is 1.76 bits per heavy atom. The molecular formula is C26H24FIN4O5. The van der Waals surface area contributed by atoms with Gasteiger partial charge in [0.05, 0.1) is 22.6 Å². The van der Waals surface area contributed by atoms with Crippen LogP contribution in [0.25, 0.3) is 0 Å². The molecule has 0 unspecified atom stereocenters. The van der Waals surface area contributed by atoms with Gasteiger partial charge in [-0.3, -0.25) is 14.4 Å². The zero-order valence-corrected chi connectivity index (χ0v) is 22.2. The summed E-state index contributed by atoms with van der Waals surface area (Å²) in [6.45, 7) is 1.82. The molecule has 192 valence electrons. The van der Waals surface area contributed by atoms with Crippen molar-refractivity contribution in [3.05, 3.63) is 81.2 Å². The summed E-state index contributed by atoms with van der Waals surface area (Å²) in [6, 6.07) is 16.3. The quantitative estimate of drug-likeness (QED) is 0.145. The van der Waals surface area contributed by atoms with E-state index in [0.29, 0.717) is 26.3 Å². The number of hydrazone groups is 1. The van der Waals surface area contributed by atoms with Crippen molar-refractivity contribution in [1.82, 2.24) is 5.43 Å². The first-order valence-electron chi connectivity index (χ1n) is 11.1. The average molecular weight is 618 g/mol. The van der Waals surface area contributed by atoms with E-state index in [9.17, 15) is 18.8 Å². The predicted octanol–water partition coefficient (Wildman–Crippen LogP) is 4.11. The van der Waals surface area contributed by atoms with Gasteiger partial charge in [0, 0.05) is 5.69 Å². The Bertz CT molecular complexity index is 1310. The number of halogens is 2. The number of benzene rings is 3. The van der Waals surface area contributed by atoms with Crippen molar-refractivity contribution < 1.29 is 28.2 Å². The maximum Gasteiger partial charge on any atom is 0.329 e. The number of nitrogens with zero attached hydrogens (tertiary/aromatic N) is 1. The fourth-order valence-corrected chi connectivity index (χ4v) is 3.85. The van der Waals surface area contributed by atoms with Crippen LogP contribution < -0.4 is 25.5 Å². The van der Waals surface area contributed by atoms with Gasteiger partial charge in [-0.2, -0.15) is 5.10 Å². The Morgan fingerprint density at radius 3 is 2.43 bits per heavy atom. The second-order valence-electron chi connectivity index (χ2n) is 7.55. The number of amides is 3. The van der Waals surface area contributed by atoms with Crippen molar-refractivity contribution in [2.45, 2.75) is 13.3 Å². The second-order valence-corrected chi connectivity index (χ2v) is 8.72. The lowest BCUT2D eigenvalue weighted by atomic mass is 10.1. The van der Waals surface area contributed by atoms with Crippen LogP contribution in [0.15, 0.2) is 65.8 Å². The number of aryl methyl sites for hydroxylation is 1. The first kappa shape index (κ1) is 27.6. The molecule has 0 aromatic heterocycles. The summed E-state index contributed by atoms with van der Waals surface area (Å²) in [6.07, 6.45) is 2.21. The van der Waals surface area contributed by atoms with Gasteiger partial charge in [0.2, 0.25) is 0 Å². The molecule has 0 aliphatic carbocycles. The number of hydrogen-bond donors (Lipinski definition) is 3. The Balaban J connectivity index is 1.57. The van der Waals surface area contributed by atoms with Crippen LogP contribution in [0.1, 0.15) is 18.1 Å². The standard InChI is InChI=1S/C26H24FIN4O5/c1-3-16-8-10-18(11-9-16)30-23(33)15-37-24-20(28)12-17(13-22(24)36-2)14-29-32-26(35)25(34)31-21-7-5-4-6-19(21)27/h4-14H,3,15H2,1-2H3,(H,30,33)(H,31,34)(H,32,35)/b29-14-. The molecule has 3 aromatic carbocycles. The SMILES string of the molecule is CCc1ccc(NC(=O)COc2c(I)cc(/C=N\NC(=O)C(=O)Nc3ccccc3F)cc2OC)cc1. The largest absolute Gasteiger partial charge is 0.493 e. The van der Waals surface area contributed by atoms with E-state index >= 15 is 0 Å². The summed E-state index contributed by atoms with van der Waals surface area (Å²) in [4.78, 5) is 36.2. The Morgan fingerprint density at radius 1 is 1.03 bits per heavy atom. The molecule has 0 atom stereocenters. The van der Waals surface area contributed by atoms with Crippen LogP contribution in [0.3, 0.4) is 0 Å². The van der Waals surface area contributed by atoms with Gasteiger partial charge >= 0.3 is 11.8 Å². The number of ether oxygens (including phenoxy) is 2. The zero-order valence-electron chi connectivity index (χ0n) is 20.0. The third-order valence-corrected chi connectivity index (χ3v) is 5.75. The van der Waals surface area contributed by atoms with E-state index in [1.807, 2.05) is 46.9 Å². The van der Waals surface area contributed by atoms with Crippen molar-refractivity contribution >= 4 is 57.9 Å². The van der Waals surface area contributed by atoms with Gasteiger partial charge in [-0.25, -0.2) is 9.82 Å². The van der Waals surface area contributed by atoms with Gasteiger partial charge in [0.25, 0.3) is 5.91 Å². The van der Waals surface area contributed by atoms with Crippen LogP contribution in [-0.2, 0) is 20.8 Å². The van der Waals surface area contributed by atoms with Crippen molar-refractivity contribution in [3.63, 3.8) is 0 Å². The molecule has 0 heterocycles. The first-order chi connectivity index (χ1) is 17.8. The molecule has 0 saturated heterocycles. The lowest BCUT2D eigenvalue weighted by Crippen LogP contribution is -2.32. The number of anilines is 2. The lowest BCUT2D eigenvalue weighted by Gasteiger charge is -2.13. The Kier molecular flexibility index (Phi) is 9.95. The summed E-state index contributed by atoms with van der Waals surface area (Å²) in [5, 5.41) is 8.71. The third-order valence-electron chi connectivity index (χ3n) is 4.95. The lowest BCUT2D eigenvalue weighted by molar-refractivity contribution is -0.136. The summed E-state index contributed by atoms with van der Waals surface area (Å²) in [7, 11) is 1.45. The normalized spacial score (nSPS) is 10.6. The summed E-state index contributed by atoms with van der Waals surface area (Å²) < 4.78 is 25.3. The Hall–Kier alpha value is -4.00. The van der Waals surface area contributed by atoms with Gasteiger partial charge < -0.3 is 20.1 Å². The predicted molar refractivity (Wildman–Crippen MR) is 146 cm³/mol. The monoisotopic (exact) mass is 618 g/mol. The molecule has 0 aliphatic heterocycles. The molecule has 0 spiro atoms. The maximum atomic E-state index is 13.6. The number of para-hydroxylation sites is 1. The number of hydrogen-bond acceptors (Lipinski definition) is 6. The second kappa shape index (κ2) is 13.3. The van der Waals surface area contributed by atoms with Gasteiger partial charge in [-0.05, 0) is 76.5 Å². The van der Waals surface area contributed by atoms with Gasteiger partial charge in [-0.15, -0.1) is 0 Å². The molecule has 9 nitrogen and oxygen atoms in total. The maximum absolute atomic E-state index is 13.6. The van der Waals surface area contributed by atoms with Crippen molar-refractivity contribution in [2.75, 3.05) is 24.4 Å². The van der Waals surface area contributed by atoms with E-state index in [4.69, 9.17) is 9.47 Å². The van der Waals surface area contributed by atoms with E-state index in [0.717, 1.165) is 12.5 Å². The topological polar surface area (TPSA) is 118 Å². The van der Waals surface area contributed by atoms with Gasteiger partial charge in [0.15, 0.2) is 18.1 Å². The minimum Gasteiger partial charge on any atom is -0.493 e. The number of methoxy groups -OCH3 is 1. The summed E-state index contributed by atoms with van der Waals surface area (Å²) in [5.41, 5.74) is 4.33. The van der Waals surface area contributed by atoms with Crippen LogP contribution in [0.5, 0.6) is 11.5 Å². The van der Waals surface area contributed by atoms with E-state index in [1.54, 1.807) is 12.1 Å². The molecule has 37 heavy (non-hydrogen) atoms. The zero-order chi connectivity index (χ0) is 26.8. The highest BCUT2D eigenvalue weighted by atomic mass is 127. The van der Waals surface area contributed by atoms with Crippen LogP contribution in [-0.4, -0.2) is 37.7 Å². The summed E-state index contributed by atoms with van der Waals surface area (Å²) in [5.74, 6) is -2.43. The minimum atomic E-state index is -1.07. The van der Waals surface area contributed by atoms with Crippen LogP contribution in [0.2, 0.25) is 0 Å². The molecule has 3 aromatic rings. The molecule has 0 aliphatic rings. The number of carbonyl (C=O) groups excluding carboxylic acids is 3. The highest BCUT2D eigenvalue weighted by molar-refractivity contribution is 14.1. The van der Waals surface area contributed by atoms with Crippen LogP contribution in [0, 0.1) is 9.39 Å². The fraction of sp³-hybridized carbons (Fsp3) is 0.154. The third kappa shape index (κ3) is 8.00. The Labute approximate surface area is 226 Å². The molecule has 11 heteroatoms. The molecule has 0 saturated carbocycles. The van der Waals surface area contributed by atoms with E-state index in [2.05, 4.69) is 28.1 Å². The first-order valence-corrected chi connectivity index (χ1v) is 12.2. The van der Waals surface area contributed by atoms with Gasteiger partial charge in [-0.1, -0.05) is 31.2 Å². The van der Waals surface area contributed by atoms with E-state index < -0.39 is 17.6 Å². The highest BCUT2D eigenvalue weighted by Gasteiger charge is 2.16. The minimum absolute atomic E-state index is 0.121. The molecule has 0 bridgehead atoms.